The van der Waals surface area contributed by atoms with Gasteiger partial charge in [-0.3, -0.25) is 4.79 Å². The fourth-order valence-electron chi connectivity index (χ4n) is 3.68. The van der Waals surface area contributed by atoms with Gasteiger partial charge in [0.2, 0.25) is 5.91 Å². The molecule has 3 amide bonds. The topological polar surface area (TPSA) is 68.4 Å². The number of urea groups is 1. The smallest absolute Gasteiger partial charge is 0.318 e. The molecule has 0 atom stereocenters. The van der Waals surface area contributed by atoms with Gasteiger partial charge in [0.15, 0.2) is 0 Å². The molecule has 0 unspecified atom stereocenters. The third-order valence-electron chi connectivity index (χ3n) is 5.41. The van der Waals surface area contributed by atoms with E-state index in [2.05, 4.69) is 22.4 Å². The lowest BCUT2D eigenvalue weighted by Crippen LogP contribution is -2.49. The van der Waals surface area contributed by atoms with Crippen LogP contribution < -0.4 is 5.32 Å². The molecular weight excluding hydrogens is 388 g/mol. The molecular formula is C25H32N4O2. The van der Waals surface area contributed by atoms with Gasteiger partial charge in [-0.25, -0.2) is 4.79 Å². The summed E-state index contributed by atoms with van der Waals surface area (Å²) in [5.74, 6) is -0.0522. The summed E-state index contributed by atoms with van der Waals surface area (Å²) >= 11 is 0. The molecule has 1 heterocycles. The van der Waals surface area contributed by atoms with Gasteiger partial charge in [-0.2, -0.15) is 0 Å². The average Bonchev–Trinajstić information content (AvgIpc) is 3.18. The van der Waals surface area contributed by atoms with Gasteiger partial charge in [-0.1, -0.05) is 48.5 Å². The quantitative estimate of drug-likeness (QED) is 0.545. The van der Waals surface area contributed by atoms with E-state index in [1.54, 1.807) is 4.90 Å². The van der Waals surface area contributed by atoms with E-state index in [1.165, 1.54) is 10.9 Å². The summed E-state index contributed by atoms with van der Waals surface area (Å²) in [6.45, 7) is 7.42. The molecule has 1 aromatic heterocycles. The number of hydrogen-bond donors (Lipinski definition) is 2. The van der Waals surface area contributed by atoms with Gasteiger partial charge >= 0.3 is 6.03 Å². The van der Waals surface area contributed by atoms with Gasteiger partial charge in [0.05, 0.1) is 0 Å². The van der Waals surface area contributed by atoms with Gasteiger partial charge in [0.1, 0.15) is 6.54 Å². The van der Waals surface area contributed by atoms with Crippen molar-refractivity contribution < 1.29 is 9.59 Å². The van der Waals surface area contributed by atoms with Crippen LogP contribution in [0.4, 0.5) is 4.79 Å². The van der Waals surface area contributed by atoms with E-state index in [0.29, 0.717) is 19.6 Å². The highest BCUT2D eigenvalue weighted by Gasteiger charge is 2.23. The molecule has 2 aromatic carbocycles. The van der Waals surface area contributed by atoms with Crippen LogP contribution in [0.15, 0.2) is 60.8 Å². The lowest BCUT2D eigenvalue weighted by molar-refractivity contribution is -0.132. The second kappa shape index (κ2) is 10.7. The number of aromatic amines is 1. The Bertz CT molecular complexity index is 997. The van der Waals surface area contributed by atoms with Crippen LogP contribution in [0.3, 0.4) is 0 Å². The van der Waals surface area contributed by atoms with Gasteiger partial charge in [-0.15, -0.1) is 0 Å². The molecule has 164 valence electrons. The van der Waals surface area contributed by atoms with E-state index >= 15 is 0 Å². The van der Waals surface area contributed by atoms with Crippen LogP contribution in [0.2, 0.25) is 0 Å². The Morgan fingerprint density at radius 3 is 2.45 bits per heavy atom. The Hall–Kier alpha value is -3.28. The fourth-order valence-corrected chi connectivity index (χ4v) is 3.68. The molecule has 6 heteroatoms. The zero-order valence-electron chi connectivity index (χ0n) is 18.6. The van der Waals surface area contributed by atoms with Crippen LogP contribution in [0.1, 0.15) is 31.9 Å². The Balaban J connectivity index is 1.76. The maximum absolute atomic E-state index is 13.3. The highest BCUT2D eigenvalue weighted by Crippen LogP contribution is 2.19. The van der Waals surface area contributed by atoms with E-state index in [4.69, 9.17) is 0 Å². The van der Waals surface area contributed by atoms with Gasteiger partial charge < -0.3 is 20.1 Å². The van der Waals surface area contributed by atoms with Crippen molar-refractivity contribution in [2.75, 3.05) is 19.6 Å². The summed E-state index contributed by atoms with van der Waals surface area (Å²) in [5.41, 5.74) is 3.36. The SMILES string of the molecule is CCNC(=O)N(CC(=O)N(CCc1c[nH]c2ccccc12)Cc1ccccc1)C(C)C. The van der Waals surface area contributed by atoms with Crippen molar-refractivity contribution in [2.24, 2.45) is 0 Å². The number of carbonyl (C=O) groups excluding carboxylic acids is 2. The summed E-state index contributed by atoms with van der Waals surface area (Å²) in [4.78, 5) is 32.5. The van der Waals surface area contributed by atoms with Crippen LogP contribution in [-0.2, 0) is 17.8 Å². The maximum Gasteiger partial charge on any atom is 0.318 e. The highest BCUT2D eigenvalue weighted by molar-refractivity contribution is 5.85. The number of carbonyl (C=O) groups is 2. The van der Waals surface area contributed by atoms with Crippen molar-refractivity contribution in [3.8, 4) is 0 Å². The standard InChI is InChI=1S/C25H32N4O2/c1-4-26-25(31)29(19(2)3)18-24(30)28(17-20-10-6-5-7-11-20)15-14-21-16-27-23-13-9-8-12-22(21)23/h5-13,16,19,27H,4,14-15,17-18H2,1-3H3,(H,26,31). The number of rotatable bonds is 9. The number of H-pyrrole nitrogens is 1. The normalized spacial score (nSPS) is 11.0. The van der Waals surface area contributed by atoms with Crippen molar-refractivity contribution >= 4 is 22.8 Å². The summed E-state index contributed by atoms with van der Waals surface area (Å²) < 4.78 is 0. The molecule has 0 bridgehead atoms. The van der Waals surface area contributed by atoms with E-state index in [-0.39, 0.29) is 24.5 Å². The van der Waals surface area contributed by atoms with Gasteiger partial charge in [-0.05, 0) is 44.4 Å². The second-order valence-corrected chi connectivity index (χ2v) is 7.97. The van der Waals surface area contributed by atoms with Crippen molar-refractivity contribution in [1.29, 1.82) is 0 Å². The highest BCUT2D eigenvalue weighted by atomic mass is 16.2. The number of amides is 3. The molecule has 0 spiro atoms. The van der Waals surface area contributed by atoms with E-state index in [1.807, 2.05) is 74.3 Å². The maximum atomic E-state index is 13.3. The predicted molar refractivity (Wildman–Crippen MR) is 125 cm³/mol. The Morgan fingerprint density at radius 2 is 1.74 bits per heavy atom. The van der Waals surface area contributed by atoms with Gasteiger partial charge in [0.25, 0.3) is 0 Å². The lowest BCUT2D eigenvalue weighted by atomic mass is 10.1. The van der Waals surface area contributed by atoms with Crippen LogP contribution in [0.25, 0.3) is 10.9 Å². The first-order valence-electron chi connectivity index (χ1n) is 10.9. The molecule has 0 aliphatic heterocycles. The number of fused-ring (bicyclic) bond motifs is 1. The van der Waals surface area contributed by atoms with Gasteiger partial charge in [0, 0.05) is 42.8 Å². The number of hydrogen-bond acceptors (Lipinski definition) is 2. The van der Waals surface area contributed by atoms with E-state index < -0.39 is 0 Å². The third kappa shape index (κ3) is 5.87. The minimum Gasteiger partial charge on any atom is -0.361 e. The molecule has 0 saturated heterocycles. The molecule has 3 rings (SSSR count). The van der Waals surface area contributed by atoms with Crippen LogP contribution in [0, 0.1) is 0 Å². The Labute approximate surface area is 184 Å². The van der Waals surface area contributed by atoms with Crippen molar-refractivity contribution in [1.82, 2.24) is 20.1 Å². The van der Waals surface area contributed by atoms with Crippen LogP contribution in [0.5, 0.6) is 0 Å². The first kappa shape index (κ1) is 22.4. The predicted octanol–water partition coefficient (Wildman–Crippen LogP) is 4.18. The number of nitrogens with zero attached hydrogens (tertiary/aromatic N) is 2. The summed E-state index contributed by atoms with van der Waals surface area (Å²) in [6, 6.07) is 17.9. The van der Waals surface area contributed by atoms with Crippen LogP contribution >= 0.6 is 0 Å². The molecule has 31 heavy (non-hydrogen) atoms. The zero-order valence-corrected chi connectivity index (χ0v) is 18.6. The number of para-hydroxylation sites is 1. The number of nitrogens with one attached hydrogen (secondary N) is 2. The third-order valence-corrected chi connectivity index (χ3v) is 5.41. The van der Waals surface area contributed by atoms with Crippen LogP contribution in [-0.4, -0.2) is 52.4 Å². The van der Waals surface area contributed by atoms with Crippen molar-refractivity contribution in [2.45, 2.75) is 39.8 Å². The molecule has 6 nitrogen and oxygen atoms in total. The summed E-state index contributed by atoms with van der Waals surface area (Å²) in [6.07, 6.45) is 2.76. The Morgan fingerprint density at radius 1 is 1.03 bits per heavy atom. The number of aromatic nitrogens is 1. The monoisotopic (exact) mass is 420 g/mol. The summed E-state index contributed by atoms with van der Waals surface area (Å²) in [5, 5.41) is 3.99. The number of benzene rings is 2. The summed E-state index contributed by atoms with van der Waals surface area (Å²) in [7, 11) is 0. The lowest BCUT2D eigenvalue weighted by Gasteiger charge is -2.30. The van der Waals surface area contributed by atoms with E-state index in [9.17, 15) is 9.59 Å². The first-order chi connectivity index (χ1) is 15.0. The molecule has 0 saturated carbocycles. The van der Waals surface area contributed by atoms with E-state index in [0.717, 1.165) is 17.5 Å². The van der Waals surface area contributed by atoms with Crippen molar-refractivity contribution in [3.05, 3.63) is 71.9 Å². The zero-order chi connectivity index (χ0) is 22.2. The van der Waals surface area contributed by atoms with Crippen molar-refractivity contribution in [3.63, 3.8) is 0 Å². The fraction of sp³-hybridized carbons (Fsp3) is 0.360. The molecule has 0 fully saturated rings. The minimum absolute atomic E-state index is 0.0522. The molecule has 0 aliphatic carbocycles. The minimum atomic E-state index is -0.206. The first-order valence-corrected chi connectivity index (χ1v) is 10.9. The second-order valence-electron chi connectivity index (χ2n) is 7.97. The molecule has 2 N–H and O–H groups in total. The molecule has 0 aliphatic rings. The molecule has 0 radical (unpaired) electrons. The largest absolute Gasteiger partial charge is 0.361 e. The Kier molecular flexibility index (Phi) is 7.70. The average molecular weight is 421 g/mol. The molecule has 3 aromatic rings.